The number of rotatable bonds is 2. The van der Waals surface area contributed by atoms with Gasteiger partial charge in [-0.3, -0.25) is 14.5 Å². The van der Waals surface area contributed by atoms with Gasteiger partial charge in [-0.05, 0) is 18.4 Å². The van der Waals surface area contributed by atoms with E-state index >= 15 is 0 Å². The Balaban J connectivity index is 1.69. The quantitative estimate of drug-likeness (QED) is 0.846. The maximum Gasteiger partial charge on any atom is 0.245 e. The first-order chi connectivity index (χ1) is 9.15. The number of fused-ring (bicyclic) bond motifs is 1. The van der Waals surface area contributed by atoms with E-state index in [1.807, 2.05) is 6.07 Å². The maximum atomic E-state index is 12.0. The third kappa shape index (κ3) is 2.37. The van der Waals surface area contributed by atoms with E-state index in [9.17, 15) is 9.59 Å². The van der Waals surface area contributed by atoms with Crippen molar-refractivity contribution in [3.8, 4) is 0 Å². The molecular formula is C13H17N3O2S. The molecule has 3 heterocycles. The van der Waals surface area contributed by atoms with Gasteiger partial charge in [0.25, 0.3) is 0 Å². The van der Waals surface area contributed by atoms with Crippen LogP contribution >= 0.6 is 11.3 Å². The zero-order valence-electron chi connectivity index (χ0n) is 10.8. The average Bonchev–Trinajstić information content (AvgIpc) is 2.89. The van der Waals surface area contributed by atoms with Crippen LogP contribution in [0.3, 0.4) is 0 Å². The van der Waals surface area contributed by atoms with E-state index in [0.717, 1.165) is 13.1 Å². The molecular weight excluding hydrogens is 262 g/mol. The number of carbonyl (C=O) groups excluding carboxylic acids is 2. The van der Waals surface area contributed by atoms with Crippen LogP contribution in [0.4, 0.5) is 0 Å². The molecule has 3 rings (SSSR count). The molecule has 102 valence electrons. The van der Waals surface area contributed by atoms with Crippen LogP contribution in [0.5, 0.6) is 0 Å². The van der Waals surface area contributed by atoms with Crippen LogP contribution in [0.15, 0.2) is 17.5 Å². The minimum atomic E-state index is -0.382. The van der Waals surface area contributed by atoms with Gasteiger partial charge in [-0.1, -0.05) is 6.07 Å². The van der Waals surface area contributed by atoms with Crippen molar-refractivity contribution >= 4 is 23.2 Å². The molecule has 1 N–H and O–H groups in total. The second-order valence-corrected chi connectivity index (χ2v) is 6.12. The zero-order valence-corrected chi connectivity index (χ0v) is 11.7. The molecule has 0 spiro atoms. The van der Waals surface area contributed by atoms with Gasteiger partial charge in [0.05, 0.1) is 0 Å². The Bertz CT molecular complexity index is 488. The van der Waals surface area contributed by atoms with E-state index in [1.165, 1.54) is 4.88 Å². The largest absolute Gasteiger partial charge is 0.343 e. The average molecular weight is 279 g/mol. The minimum absolute atomic E-state index is 0.0250. The van der Waals surface area contributed by atoms with Crippen molar-refractivity contribution in [3.05, 3.63) is 22.4 Å². The molecule has 2 fully saturated rings. The molecule has 5 nitrogen and oxygen atoms in total. The fourth-order valence-corrected chi connectivity index (χ4v) is 3.46. The first kappa shape index (κ1) is 12.6. The molecule has 0 aromatic carbocycles. The number of hydrogen-bond donors (Lipinski definition) is 1. The van der Waals surface area contributed by atoms with Crippen molar-refractivity contribution in [1.82, 2.24) is 15.1 Å². The Morgan fingerprint density at radius 3 is 3.00 bits per heavy atom. The van der Waals surface area contributed by atoms with Crippen molar-refractivity contribution in [2.75, 3.05) is 19.6 Å². The van der Waals surface area contributed by atoms with E-state index in [1.54, 1.807) is 23.2 Å². The molecule has 0 radical (unpaired) electrons. The summed E-state index contributed by atoms with van der Waals surface area (Å²) < 4.78 is 0. The van der Waals surface area contributed by atoms with Gasteiger partial charge in [-0.25, -0.2) is 0 Å². The molecule has 19 heavy (non-hydrogen) atoms. The van der Waals surface area contributed by atoms with Crippen molar-refractivity contribution in [3.63, 3.8) is 0 Å². The van der Waals surface area contributed by atoms with Gasteiger partial charge in [-0.15, -0.1) is 11.3 Å². The molecule has 0 bridgehead atoms. The van der Waals surface area contributed by atoms with Crippen LogP contribution in [0, 0.1) is 0 Å². The Hall–Kier alpha value is -1.40. The number of nitrogens with one attached hydrogen (secondary N) is 1. The summed E-state index contributed by atoms with van der Waals surface area (Å²) in [5, 5.41) is 4.81. The lowest BCUT2D eigenvalue weighted by atomic mass is 10.0. The monoisotopic (exact) mass is 279 g/mol. The van der Waals surface area contributed by atoms with Crippen molar-refractivity contribution in [2.45, 2.75) is 25.6 Å². The number of amides is 2. The molecule has 2 saturated heterocycles. The molecule has 2 amide bonds. The Kier molecular flexibility index (Phi) is 3.28. The van der Waals surface area contributed by atoms with Gasteiger partial charge in [-0.2, -0.15) is 0 Å². The topological polar surface area (TPSA) is 52.7 Å². The predicted molar refractivity (Wildman–Crippen MR) is 72.7 cm³/mol. The summed E-state index contributed by atoms with van der Waals surface area (Å²) in [6.07, 6.45) is 0. The van der Waals surface area contributed by atoms with E-state index in [2.05, 4.69) is 21.7 Å². The summed E-state index contributed by atoms with van der Waals surface area (Å²) >= 11 is 1.72. The SMILES string of the molecule is C[C@@H]1NC(=O)[C@H]2CN(Cc3cccs3)CCN2C1=O. The van der Waals surface area contributed by atoms with Gasteiger partial charge in [0.15, 0.2) is 0 Å². The van der Waals surface area contributed by atoms with Gasteiger partial charge in [0, 0.05) is 31.1 Å². The predicted octanol–water partition coefficient (Wildman–Crippen LogP) is 0.279. The second kappa shape index (κ2) is 4.94. The molecule has 0 unspecified atom stereocenters. The van der Waals surface area contributed by atoms with E-state index in [0.29, 0.717) is 13.1 Å². The second-order valence-electron chi connectivity index (χ2n) is 5.09. The third-order valence-electron chi connectivity index (χ3n) is 3.74. The van der Waals surface area contributed by atoms with Crippen molar-refractivity contribution in [2.24, 2.45) is 0 Å². The lowest BCUT2D eigenvalue weighted by Gasteiger charge is -2.44. The minimum Gasteiger partial charge on any atom is -0.343 e. The smallest absolute Gasteiger partial charge is 0.245 e. The highest BCUT2D eigenvalue weighted by Crippen LogP contribution is 2.19. The van der Waals surface area contributed by atoms with Gasteiger partial charge >= 0.3 is 0 Å². The first-order valence-electron chi connectivity index (χ1n) is 6.51. The summed E-state index contributed by atoms with van der Waals surface area (Å²) in [6, 6.07) is 3.44. The highest BCUT2D eigenvalue weighted by molar-refractivity contribution is 7.09. The lowest BCUT2D eigenvalue weighted by molar-refractivity contribution is -0.152. The van der Waals surface area contributed by atoms with Crippen molar-refractivity contribution in [1.29, 1.82) is 0 Å². The Morgan fingerprint density at radius 2 is 2.26 bits per heavy atom. The van der Waals surface area contributed by atoms with Gasteiger partial charge in [0.1, 0.15) is 12.1 Å². The summed E-state index contributed by atoms with van der Waals surface area (Å²) in [5.41, 5.74) is 0. The summed E-state index contributed by atoms with van der Waals surface area (Å²) in [5.74, 6) is 0.0170. The number of thiophene rings is 1. The fourth-order valence-electron chi connectivity index (χ4n) is 2.71. The van der Waals surface area contributed by atoms with Crippen LogP contribution in [-0.4, -0.2) is 53.3 Å². The van der Waals surface area contributed by atoms with Crippen LogP contribution in [0.2, 0.25) is 0 Å². The van der Waals surface area contributed by atoms with Crippen LogP contribution in [0.1, 0.15) is 11.8 Å². The maximum absolute atomic E-state index is 12.0. The summed E-state index contributed by atoms with van der Waals surface area (Å²) in [7, 11) is 0. The van der Waals surface area contributed by atoms with Crippen LogP contribution in [-0.2, 0) is 16.1 Å². The lowest BCUT2D eigenvalue weighted by Crippen LogP contribution is -2.68. The number of hydrogen-bond acceptors (Lipinski definition) is 4. The molecule has 1 aromatic heterocycles. The van der Waals surface area contributed by atoms with E-state index in [-0.39, 0.29) is 23.9 Å². The number of carbonyl (C=O) groups is 2. The molecule has 2 aliphatic rings. The Labute approximate surface area is 116 Å². The zero-order chi connectivity index (χ0) is 13.4. The normalized spacial score (nSPS) is 28.2. The van der Waals surface area contributed by atoms with Crippen molar-refractivity contribution < 1.29 is 9.59 Å². The highest BCUT2D eigenvalue weighted by atomic mass is 32.1. The summed E-state index contributed by atoms with van der Waals surface area (Å²) in [6.45, 7) is 4.71. The standard InChI is InChI=1S/C13H17N3O2S/c1-9-13(18)16-5-4-15(7-10-3-2-6-19-10)8-11(16)12(17)14-9/h2-3,6,9,11H,4-5,7-8H2,1H3,(H,14,17)/t9-,11+/m0/s1. The Morgan fingerprint density at radius 1 is 1.42 bits per heavy atom. The van der Waals surface area contributed by atoms with E-state index in [4.69, 9.17) is 0 Å². The molecule has 2 atom stereocenters. The molecule has 0 saturated carbocycles. The van der Waals surface area contributed by atoms with E-state index < -0.39 is 0 Å². The fraction of sp³-hybridized carbons (Fsp3) is 0.538. The summed E-state index contributed by atoms with van der Waals surface area (Å²) in [4.78, 5) is 29.3. The van der Waals surface area contributed by atoms with Crippen LogP contribution < -0.4 is 5.32 Å². The van der Waals surface area contributed by atoms with Gasteiger partial charge in [0.2, 0.25) is 11.8 Å². The third-order valence-corrected chi connectivity index (χ3v) is 4.60. The number of nitrogens with zero attached hydrogens (tertiary/aromatic N) is 2. The molecule has 2 aliphatic heterocycles. The van der Waals surface area contributed by atoms with Crippen LogP contribution in [0.25, 0.3) is 0 Å². The number of piperazine rings is 2. The molecule has 0 aliphatic carbocycles. The molecule has 1 aromatic rings. The molecule has 6 heteroatoms. The first-order valence-corrected chi connectivity index (χ1v) is 7.38. The highest BCUT2D eigenvalue weighted by Gasteiger charge is 2.41. The van der Waals surface area contributed by atoms with Gasteiger partial charge < -0.3 is 10.2 Å².